The Balaban J connectivity index is 2.47. The van der Waals surface area contributed by atoms with Crippen LogP contribution in [0.1, 0.15) is 30.3 Å². The number of rotatable bonds is 5. The molecule has 6 heteroatoms. The average Bonchev–Trinajstić information content (AvgIpc) is 2.26. The molecule has 1 unspecified atom stereocenters. The number of halogens is 1. The number of nitrogens with zero attached hydrogens (tertiary/aromatic N) is 2. The molecule has 5 nitrogen and oxygen atoms in total. The largest absolute Gasteiger partial charge is 0.391 e. The lowest BCUT2D eigenvalue weighted by molar-refractivity contribution is 0.0905. The molecular formula is C10H14ClN3O2. The Morgan fingerprint density at radius 3 is 3.00 bits per heavy atom. The van der Waals surface area contributed by atoms with Crippen LogP contribution >= 0.6 is 11.6 Å². The van der Waals surface area contributed by atoms with Crippen LogP contribution in [0.15, 0.2) is 12.4 Å². The van der Waals surface area contributed by atoms with Gasteiger partial charge >= 0.3 is 0 Å². The van der Waals surface area contributed by atoms with Gasteiger partial charge in [0.1, 0.15) is 10.8 Å². The summed E-state index contributed by atoms with van der Waals surface area (Å²) in [6, 6.07) is 0. The van der Waals surface area contributed by atoms with Crippen LogP contribution < -0.4 is 5.32 Å². The van der Waals surface area contributed by atoms with Gasteiger partial charge in [-0.15, -0.1) is 0 Å². The number of hydrogen-bond acceptors (Lipinski definition) is 4. The molecule has 1 heterocycles. The second-order valence-electron chi connectivity index (χ2n) is 3.38. The molecule has 0 aliphatic heterocycles. The van der Waals surface area contributed by atoms with Gasteiger partial charge in [-0.2, -0.15) is 0 Å². The smallest absolute Gasteiger partial charge is 0.271 e. The van der Waals surface area contributed by atoms with Crippen molar-refractivity contribution in [2.24, 2.45) is 0 Å². The summed E-state index contributed by atoms with van der Waals surface area (Å²) in [6.45, 7) is 2.17. The Morgan fingerprint density at radius 2 is 2.38 bits per heavy atom. The Labute approximate surface area is 98.9 Å². The van der Waals surface area contributed by atoms with E-state index in [2.05, 4.69) is 15.3 Å². The second kappa shape index (κ2) is 6.40. The lowest BCUT2D eigenvalue weighted by atomic mass is 10.2. The van der Waals surface area contributed by atoms with E-state index >= 15 is 0 Å². The molecule has 1 amide bonds. The highest BCUT2D eigenvalue weighted by molar-refractivity contribution is 6.29. The number of carbonyl (C=O) groups excluding carboxylic acids is 1. The van der Waals surface area contributed by atoms with Gasteiger partial charge in [0, 0.05) is 6.54 Å². The molecule has 0 spiro atoms. The molecule has 0 saturated carbocycles. The molecule has 88 valence electrons. The first-order valence-electron chi connectivity index (χ1n) is 5.07. The molecule has 0 saturated heterocycles. The zero-order valence-electron chi connectivity index (χ0n) is 8.98. The van der Waals surface area contributed by atoms with E-state index in [9.17, 15) is 9.90 Å². The number of aliphatic hydroxyl groups excluding tert-OH is 1. The molecule has 0 fully saturated rings. The van der Waals surface area contributed by atoms with Crippen LogP contribution in [-0.4, -0.2) is 33.6 Å². The zero-order valence-corrected chi connectivity index (χ0v) is 9.74. The molecule has 2 N–H and O–H groups in total. The molecule has 0 aromatic carbocycles. The summed E-state index contributed by atoms with van der Waals surface area (Å²) in [6.07, 6.45) is 3.67. The van der Waals surface area contributed by atoms with Gasteiger partial charge in [-0.3, -0.25) is 9.78 Å². The predicted molar refractivity (Wildman–Crippen MR) is 60.3 cm³/mol. The molecule has 0 radical (unpaired) electrons. The summed E-state index contributed by atoms with van der Waals surface area (Å²) in [4.78, 5) is 19.1. The number of hydrogen-bond donors (Lipinski definition) is 2. The Bertz CT molecular complexity index is 360. The highest BCUT2D eigenvalue weighted by Crippen LogP contribution is 2.02. The maximum atomic E-state index is 11.5. The van der Waals surface area contributed by atoms with Crippen molar-refractivity contribution >= 4 is 17.5 Å². The van der Waals surface area contributed by atoms with Gasteiger partial charge in [-0.25, -0.2) is 4.98 Å². The van der Waals surface area contributed by atoms with E-state index in [1.54, 1.807) is 0 Å². The molecule has 16 heavy (non-hydrogen) atoms. The third kappa shape index (κ3) is 4.12. The minimum absolute atomic E-state index is 0.149. The van der Waals surface area contributed by atoms with Gasteiger partial charge < -0.3 is 10.4 Å². The monoisotopic (exact) mass is 243 g/mol. The quantitative estimate of drug-likeness (QED) is 0.810. The number of carbonyl (C=O) groups is 1. The van der Waals surface area contributed by atoms with Gasteiger partial charge in [0.15, 0.2) is 0 Å². The molecule has 0 aliphatic rings. The van der Waals surface area contributed by atoms with Crippen molar-refractivity contribution in [2.75, 3.05) is 6.54 Å². The summed E-state index contributed by atoms with van der Waals surface area (Å²) < 4.78 is 0. The Morgan fingerprint density at radius 1 is 1.62 bits per heavy atom. The van der Waals surface area contributed by atoms with Crippen LogP contribution in [0.2, 0.25) is 5.15 Å². The Hall–Kier alpha value is -1.20. The molecule has 1 rings (SSSR count). The van der Waals surface area contributed by atoms with Crippen molar-refractivity contribution in [3.8, 4) is 0 Å². The zero-order chi connectivity index (χ0) is 12.0. The van der Waals surface area contributed by atoms with Crippen molar-refractivity contribution < 1.29 is 9.90 Å². The standard InChI is InChI=1S/C10H14ClN3O2/c1-2-3-7(15)4-13-10(16)8-5-12-6-9(11)14-8/h5-7,15H,2-4H2,1H3,(H,13,16). The fourth-order valence-electron chi connectivity index (χ4n) is 1.19. The summed E-state index contributed by atoms with van der Waals surface area (Å²) in [5.41, 5.74) is 0.149. The lowest BCUT2D eigenvalue weighted by Crippen LogP contribution is -2.32. The van der Waals surface area contributed by atoms with Crippen molar-refractivity contribution in [3.05, 3.63) is 23.2 Å². The van der Waals surface area contributed by atoms with Crippen molar-refractivity contribution in [1.82, 2.24) is 15.3 Å². The fourth-order valence-corrected chi connectivity index (χ4v) is 1.34. The van der Waals surface area contributed by atoms with Gasteiger partial charge in [-0.1, -0.05) is 24.9 Å². The summed E-state index contributed by atoms with van der Waals surface area (Å²) in [5.74, 6) is -0.384. The van der Waals surface area contributed by atoms with E-state index in [4.69, 9.17) is 11.6 Å². The van der Waals surface area contributed by atoms with E-state index in [0.717, 1.165) is 6.42 Å². The van der Waals surface area contributed by atoms with Gasteiger partial charge in [0.2, 0.25) is 0 Å². The number of aromatic nitrogens is 2. The SMILES string of the molecule is CCCC(O)CNC(=O)c1cncc(Cl)n1. The Kier molecular flexibility index (Phi) is 5.14. The average molecular weight is 244 g/mol. The van der Waals surface area contributed by atoms with Gasteiger partial charge in [0.25, 0.3) is 5.91 Å². The van der Waals surface area contributed by atoms with Crippen LogP contribution in [-0.2, 0) is 0 Å². The first-order chi connectivity index (χ1) is 7.63. The summed E-state index contributed by atoms with van der Waals surface area (Å²) in [7, 11) is 0. The van der Waals surface area contributed by atoms with Crippen molar-refractivity contribution in [1.29, 1.82) is 0 Å². The number of nitrogens with one attached hydrogen (secondary N) is 1. The van der Waals surface area contributed by atoms with E-state index in [0.29, 0.717) is 6.42 Å². The van der Waals surface area contributed by atoms with Crippen LogP contribution in [0.5, 0.6) is 0 Å². The summed E-state index contributed by atoms with van der Waals surface area (Å²) >= 11 is 5.60. The molecule has 1 aromatic rings. The molecular weight excluding hydrogens is 230 g/mol. The maximum absolute atomic E-state index is 11.5. The minimum Gasteiger partial charge on any atom is -0.391 e. The van der Waals surface area contributed by atoms with E-state index in [-0.39, 0.29) is 23.3 Å². The molecule has 0 bridgehead atoms. The number of aliphatic hydroxyl groups is 1. The topological polar surface area (TPSA) is 75.1 Å². The van der Waals surface area contributed by atoms with Crippen molar-refractivity contribution in [2.45, 2.75) is 25.9 Å². The van der Waals surface area contributed by atoms with E-state index in [1.807, 2.05) is 6.92 Å². The minimum atomic E-state index is -0.527. The highest BCUT2D eigenvalue weighted by Gasteiger charge is 2.10. The first-order valence-corrected chi connectivity index (χ1v) is 5.45. The van der Waals surface area contributed by atoms with Gasteiger partial charge in [-0.05, 0) is 6.42 Å². The normalized spacial score (nSPS) is 12.2. The van der Waals surface area contributed by atoms with E-state index in [1.165, 1.54) is 12.4 Å². The lowest BCUT2D eigenvalue weighted by Gasteiger charge is -2.10. The maximum Gasteiger partial charge on any atom is 0.271 e. The van der Waals surface area contributed by atoms with Crippen LogP contribution in [0.4, 0.5) is 0 Å². The van der Waals surface area contributed by atoms with Crippen LogP contribution in [0, 0.1) is 0 Å². The molecule has 1 aromatic heterocycles. The highest BCUT2D eigenvalue weighted by atomic mass is 35.5. The number of amides is 1. The van der Waals surface area contributed by atoms with Crippen molar-refractivity contribution in [3.63, 3.8) is 0 Å². The third-order valence-corrected chi connectivity index (χ3v) is 2.14. The van der Waals surface area contributed by atoms with E-state index < -0.39 is 6.10 Å². The molecule has 1 atom stereocenters. The summed E-state index contributed by atoms with van der Waals surface area (Å²) in [5, 5.41) is 12.2. The second-order valence-corrected chi connectivity index (χ2v) is 3.77. The predicted octanol–water partition coefficient (Wildman–Crippen LogP) is 1.02. The first kappa shape index (κ1) is 12.9. The third-order valence-electron chi connectivity index (χ3n) is 1.96. The van der Waals surface area contributed by atoms with Crippen LogP contribution in [0.3, 0.4) is 0 Å². The van der Waals surface area contributed by atoms with Crippen LogP contribution in [0.25, 0.3) is 0 Å². The fraction of sp³-hybridized carbons (Fsp3) is 0.500. The molecule has 0 aliphatic carbocycles. The van der Waals surface area contributed by atoms with Gasteiger partial charge in [0.05, 0.1) is 18.5 Å².